The molecule has 3 aromatic rings. The largest absolute Gasteiger partial charge is 0.487 e. The van der Waals surface area contributed by atoms with E-state index < -0.39 is 34.0 Å². The van der Waals surface area contributed by atoms with Gasteiger partial charge in [0.2, 0.25) is 10.0 Å². The van der Waals surface area contributed by atoms with Crippen LogP contribution < -0.4 is 10.1 Å². The summed E-state index contributed by atoms with van der Waals surface area (Å²) in [7, 11) is -2.38. The molecule has 202 valence electrons. The second-order valence-corrected chi connectivity index (χ2v) is 11.3. The average molecular weight is 543 g/mol. The second-order valence-electron chi connectivity index (χ2n) is 9.45. The number of carbonyl (C=O) groups is 1. The monoisotopic (exact) mass is 542 g/mol. The SMILES string of the molecule is C[C@H]1CN([C@@H](C)CO)S(=O)(=O)c2ccc(-c3ccncc3)cc2O[C@@H]1CN(C)C(=O)Nc1ccc(F)cc1. The molecule has 0 spiro atoms. The number of amides is 2. The van der Waals surface area contributed by atoms with Crippen molar-refractivity contribution in [1.29, 1.82) is 0 Å². The van der Waals surface area contributed by atoms with Crippen molar-refractivity contribution in [2.75, 3.05) is 32.1 Å². The molecule has 1 aliphatic rings. The number of hydrogen-bond donors (Lipinski definition) is 2. The maximum atomic E-state index is 13.7. The number of anilines is 1. The van der Waals surface area contributed by atoms with E-state index in [4.69, 9.17) is 4.74 Å². The van der Waals surface area contributed by atoms with Crippen molar-refractivity contribution in [1.82, 2.24) is 14.2 Å². The first kappa shape index (κ1) is 27.5. The molecule has 2 amide bonds. The molecule has 0 saturated heterocycles. The predicted molar refractivity (Wildman–Crippen MR) is 142 cm³/mol. The molecule has 38 heavy (non-hydrogen) atoms. The maximum Gasteiger partial charge on any atom is 0.321 e. The Kier molecular flexibility index (Phi) is 8.29. The number of likely N-dealkylation sites (N-methyl/N-ethyl adjacent to an activating group) is 1. The average Bonchev–Trinajstić information content (AvgIpc) is 2.91. The Labute approximate surface area is 221 Å². The van der Waals surface area contributed by atoms with E-state index in [1.807, 2.05) is 19.1 Å². The summed E-state index contributed by atoms with van der Waals surface area (Å²) in [6.07, 6.45) is 2.72. The van der Waals surface area contributed by atoms with Crippen LogP contribution in [0.4, 0.5) is 14.9 Å². The van der Waals surface area contributed by atoms with Gasteiger partial charge in [0.1, 0.15) is 22.6 Å². The fourth-order valence-electron chi connectivity index (χ4n) is 4.27. The lowest BCUT2D eigenvalue weighted by atomic mass is 10.0. The Morgan fingerprint density at radius 2 is 1.87 bits per heavy atom. The smallest absolute Gasteiger partial charge is 0.321 e. The van der Waals surface area contributed by atoms with Gasteiger partial charge in [0.15, 0.2) is 0 Å². The highest BCUT2D eigenvalue weighted by molar-refractivity contribution is 7.89. The third kappa shape index (κ3) is 5.95. The Morgan fingerprint density at radius 1 is 1.18 bits per heavy atom. The summed E-state index contributed by atoms with van der Waals surface area (Å²) in [4.78, 5) is 18.3. The van der Waals surface area contributed by atoms with E-state index >= 15 is 0 Å². The number of urea groups is 1. The topological polar surface area (TPSA) is 112 Å². The predicted octanol–water partition coefficient (Wildman–Crippen LogP) is 3.82. The summed E-state index contributed by atoms with van der Waals surface area (Å²) in [5.74, 6) is -0.578. The quantitative estimate of drug-likeness (QED) is 0.490. The van der Waals surface area contributed by atoms with E-state index in [1.54, 1.807) is 38.5 Å². The van der Waals surface area contributed by atoms with Crippen molar-refractivity contribution in [3.05, 3.63) is 72.8 Å². The molecule has 0 radical (unpaired) electrons. The van der Waals surface area contributed by atoms with Crippen LogP contribution in [0.5, 0.6) is 5.75 Å². The van der Waals surface area contributed by atoms with Crippen molar-refractivity contribution < 1.29 is 27.4 Å². The lowest BCUT2D eigenvalue weighted by Crippen LogP contribution is -2.50. The van der Waals surface area contributed by atoms with Crippen LogP contribution in [0.2, 0.25) is 0 Å². The number of ether oxygens (including phenoxy) is 1. The summed E-state index contributed by atoms with van der Waals surface area (Å²) < 4.78 is 48.2. The molecule has 9 nitrogen and oxygen atoms in total. The fourth-order valence-corrected chi connectivity index (χ4v) is 6.10. The number of sulfonamides is 1. The molecular weight excluding hydrogens is 511 g/mol. The number of benzene rings is 2. The highest BCUT2D eigenvalue weighted by atomic mass is 32.2. The molecule has 2 aromatic carbocycles. The maximum absolute atomic E-state index is 13.7. The summed E-state index contributed by atoms with van der Waals surface area (Å²) in [6.45, 7) is 3.39. The number of carbonyl (C=O) groups excluding carboxylic acids is 1. The van der Waals surface area contributed by atoms with Gasteiger partial charge in [0, 0.05) is 43.6 Å². The summed E-state index contributed by atoms with van der Waals surface area (Å²) in [5, 5.41) is 12.5. The Bertz CT molecular complexity index is 1370. The molecule has 0 aliphatic carbocycles. The van der Waals surface area contributed by atoms with Gasteiger partial charge in [0.25, 0.3) is 0 Å². The van der Waals surface area contributed by atoms with E-state index in [0.717, 1.165) is 11.1 Å². The number of aliphatic hydroxyl groups is 1. The molecule has 11 heteroatoms. The van der Waals surface area contributed by atoms with Crippen molar-refractivity contribution >= 4 is 21.7 Å². The molecule has 4 rings (SSSR count). The van der Waals surface area contributed by atoms with Crippen LogP contribution in [0.3, 0.4) is 0 Å². The van der Waals surface area contributed by atoms with Crippen molar-refractivity contribution in [3.8, 4) is 16.9 Å². The van der Waals surface area contributed by atoms with Gasteiger partial charge in [-0.2, -0.15) is 4.31 Å². The van der Waals surface area contributed by atoms with E-state index in [2.05, 4.69) is 10.3 Å². The number of fused-ring (bicyclic) bond motifs is 1. The zero-order chi connectivity index (χ0) is 27.4. The molecule has 1 aliphatic heterocycles. The minimum Gasteiger partial charge on any atom is -0.487 e. The van der Waals surface area contributed by atoms with Gasteiger partial charge in [-0.15, -0.1) is 0 Å². The number of rotatable bonds is 6. The Hall–Kier alpha value is -3.54. The third-order valence-electron chi connectivity index (χ3n) is 6.58. The lowest BCUT2D eigenvalue weighted by Gasteiger charge is -2.37. The first-order chi connectivity index (χ1) is 18.1. The van der Waals surface area contributed by atoms with E-state index in [1.165, 1.54) is 39.5 Å². The van der Waals surface area contributed by atoms with Gasteiger partial charge in [-0.25, -0.2) is 17.6 Å². The van der Waals surface area contributed by atoms with Crippen LogP contribution in [-0.4, -0.2) is 72.6 Å². The van der Waals surface area contributed by atoms with E-state index in [9.17, 15) is 22.7 Å². The molecule has 0 saturated carbocycles. The van der Waals surface area contributed by atoms with Crippen LogP contribution in [0, 0.1) is 11.7 Å². The molecule has 2 heterocycles. The number of nitrogens with one attached hydrogen (secondary N) is 1. The number of pyridine rings is 1. The van der Waals surface area contributed by atoms with Crippen LogP contribution in [-0.2, 0) is 10.0 Å². The third-order valence-corrected chi connectivity index (χ3v) is 8.60. The van der Waals surface area contributed by atoms with Crippen LogP contribution in [0.25, 0.3) is 11.1 Å². The normalized spacial score (nSPS) is 19.8. The van der Waals surface area contributed by atoms with Crippen molar-refractivity contribution in [3.63, 3.8) is 0 Å². The highest BCUT2D eigenvalue weighted by Gasteiger charge is 2.38. The number of halogens is 1. The van der Waals surface area contributed by atoms with Gasteiger partial charge in [-0.1, -0.05) is 13.0 Å². The summed E-state index contributed by atoms with van der Waals surface area (Å²) in [5.41, 5.74) is 2.03. The number of nitrogens with zero attached hydrogens (tertiary/aromatic N) is 3. The number of hydrogen-bond acceptors (Lipinski definition) is 6. The molecule has 3 atom stereocenters. The van der Waals surface area contributed by atoms with Gasteiger partial charge in [-0.05, 0) is 66.6 Å². The number of aliphatic hydroxyl groups excluding tert-OH is 1. The minimum absolute atomic E-state index is 0.00840. The minimum atomic E-state index is -3.99. The molecule has 0 bridgehead atoms. The van der Waals surface area contributed by atoms with E-state index in [0.29, 0.717) is 5.69 Å². The van der Waals surface area contributed by atoms with E-state index in [-0.39, 0.29) is 36.3 Å². The molecule has 2 N–H and O–H groups in total. The zero-order valence-corrected chi connectivity index (χ0v) is 22.2. The van der Waals surface area contributed by atoms with Crippen LogP contribution in [0.1, 0.15) is 13.8 Å². The molecule has 1 aromatic heterocycles. The summed E-state index contributed by atoms with van der Waals surface area (Å²) >= 11 is 0. The first-order valence-corrected chi connectivity index (χ1v) is 13.7. The molecule has 0 fully saturated rings. The highest BCUT2D eigenvalue weighted by Crippen LogP contribution is 2.36. The van der Waals surface area contributed by atoms with Gasteiger partial charge in [-0.3, -0.25) is 4.98 Å². The fraction of sp³-hybridized carbons (Fsp3) is 0.333. The first-order valence-electron chi connectivity index (χ1n) is 12.2. The Balaban J connectivity index is 1.67. The molecule has 0 unspecified atom stereocenters. The van der Waals surface area contributed by atoms with Crippen molar-refractivity contribution in [2.24, 2.45) is 5.92 Å². The lowest BCUT2D eigenvalue weighted by molar-refractivity contribution is 0.0830. The zero-order valence-electron chi connectivity index (χ0n) is 21.4. The number of aromatic nitrogens is 1. The van der Waals surface area contributed by atoms with Gasteiger partial charge in [0.05, 0.1) is 13.2 Å². The van der Waals surface area contributed by atoms with Crippen LogP contribution in [0.15, 0.2) is 71.9 Å². The van der Waals surface area contributed by atoms with Gasteiger partial charge < -0.3 is 20.1 Å². The standard InChI is InChI=1S/C27H31FN4O5S/c1-18-15-32(19(2)17-33)38(35,36)26-9-4-21(20-10-12-29-13-11-20)14-24(26)37-25(18)16-31(3)27(34)30-23-7-5-22(28)6-8-23/h4-14,18-19,25,33H,15-17H2,1-3H3,(H,30,34)/t18-,19-,25+/m0/s1. The summed E-state index contributed by atoms with van der Waals surface area (Å²) in [6, 6.07) is 12.9. The second kappa shape index (κ2) is 11.5. The van der Waals surface area contributed by atoms with Crippen LogP contribution >= 0.6 is 0 Å². The van der Waals surface area contributed by atoms with Gasteiger partial charge >= 0.3 is 6.03 Å². The molecular formula is C27H31FN4O5S. The Morgan fingerprint density at radius 3 is 2.53 bits per heavy atom. The van der Waals surface area contributed by atoms with Crippen molar-refractivity contribution in [2.45, 2.75) is 30.9 Å².